The molecule has 1 N–H and O–H groups in total. The lowest BCUT2D eigenvalue weighted by Crippen LogP contribution is -2.48. The Bertz CT molecular complexity index is 176. The number of ketones is 1. The Balaban J connectivity index is 2.14. The van der Waals surface area contributed by atoms with E-state index in [0.29, 0.717) is 6.54 Å². The summed E-state index contributed by atoms with van der Waals surface area (Å²) in [7, 11) is 1.98. The topological polar surface area (TPSA) is 35.6 Å². The highest BCUT2D eigenvalue weighted by Crippen LogP contribution is 2.00. The van der Waals surface area contributed by atoms with Gasteiger partial charge in [-0.2, -0.15) is 0 Å². The number of likely N-dealkylation sites (N-methyl/N-ethyl adjacent to an activating group) is 1. The third-order valence-corrected chi connectivity index (χ3v) is 2.59. The lowest BCUT2D eigenvalue weighted by atomic mass is 10.3. The van der Waals surface area contributed by atoms with Crippen molar-refractivity contribution in [3.8, 4) is 0 Å². The number of hydrogen-bond acceptors (Lipinski definition) is 4. The van der Waals surface area contributed by atoms with E-state index in [1.807, 2.05) is 7.05 Å². The number of rotatable bonds is 5. The molecule has 0 aromatic rings. The van der Waals surface area contributed by atoms with Crippen LogP contribution in [0.5, 0.6) is 0 Å². The maximum absolute atomic E-state index is 10.9. The summed E-state index contributed by atoms with van der Waals surface area (Å²) in [4.78, 5) is 15.6. The van der Waals surface area contributed by atoms with Crippen molar-refractivity contribution in [3.63, 3.8) is 0 Å². The predicted molar refractivity (Wildman–Crippen MR) is 57.5 cm³/mol. The second kappa shape index (κ2) is 6.11. The molecule has 0 saturated carbocycles. The summed E-state index contributed by atoms with van der Waals surface area (Å²) in [5, 5.41) is 3.15. The van der Waals surface area contributed by atoms with Crippen molar-refractivity contribution in [1.82, 2.24) is 15.1 Å². The van der Waals surface area contributed by atoms with Crippen LogP contribution in [0, 0.1) is 0 Å². The molecular weight excluding hydrogens is 178 g/mol. The van der Waals surface area contributed by atoms with Crippen LogP contribution < -0.4 is 5.32 Å². The van der Waals surface area contributed by atoms with Gasteiger partial charge in [0, 0.05) is 39.3 Å². The molecule has 0 aromatic heterocycles. The molecule has 82 valence electrons. The third kappa shape index (κ3) is 4.17. The molecule has 1 aliphatic heterocycles. The number of carbonyl (C=O) groups is 1. The summed E-state index contributed by atoms with van der Waals surface area (Å²) in [5.74, 6) is 0.272. The van der Waals surface area contributed by atoms with Gasteiger partial charge in [-0.1, -0.05) is 0 Å². The van der Waals surface area contributed by atoms with Gasteiger partial charge in [0.15, 0.2) is 0 Å². The SMILES string of the molecule is CNCCN1CCN(CC(C)=O)CC1. The molecule has 4 nitrogen and oxygen atoms in total. The van der Waals surface area contributed by atoms with Crippen molar-refractivity contribution in [3.05, 3.63) is 0 Å². The smallest absolute Gasteiger partial charge is 0.143 e. The molecule has 0 amide bonds. The summed E-state index contributed by atoms with van der Waals surface area (Å²) in [6.07, 6.45) is 0. The maximum Gasteiger partial charge on any atom is 0.143 e. The highest BCUT2D eigenvalue weighted by Gasteiger charge is 2.16. The molecule has 14 heavy (non-hydrogen) atoms. The quantitative estimate of drug-likeness (QED) is 0.642. The summed E-state index contributed by atoms with van der Waals surface area (Å²) in [5.41, 5.74) is 0. The third-order valence-electron chi connectivity index (χ3n) is 2.59. The molecule has 1 rings (SSSR count). The fourth-order valence-electron chi connectivity index (χ4n) is 1.76. The summed E-state index contributed by atoms with van der Waals surface area (Å²) < 4.78 is 0. The minimum atomic E-state index is 0.272. The highest BCUT2D eigenvalue weighted by molar-refractivity contribution is 5.77. The van der Waals surface area contributed by atoms with E-state index in [-0.39, 0.29) is 5.78 Å². The molecule has 0 unspecified atom stereocenters. The first-order valence-corrected chi connectivity index (χ1v) is 5.31. The Kier molecular flexibility index (Phi) is 5.07. The monoisotopic (exact) mass is 199 g/mol. The van der Waals surface area contributed by atoms with Gasteiger partial charge >= 0.3 is 0 Å². The van der Waals surface area contributed by atoms with Gasteiger partial charge in [0.25, 0.3) is 0 Å². The van der Waals surface area contributed by atoms with Gasteiger partial charge in [0.1, 0.15) is 5.78 Å². The molecule has 4 heteroatoms. The normalized spacial score (nSPS) is 19.9. The molecule has 0 aliphatic carbocycles. The largest absolute Gasteiger partial charge is 0.318 e. The molecule has 0 aromatic carbocycles. The van der Waals surface area contributed by atoms with Crippen LogP contribution in [0.15, 0.2) is 0 Å². The van der Waals surface area contributed by atoms with Crippen molar-refractivity contribution < 1.29 is 4.79 Å². The van der Waals surface area contributed by atoms with E-state index in [4.69, 9.17) is 0 Å². The van der Waals surface area contributed by atoms with E-state index >= 15 is 0 Å². The Hall–Kier alpha value is -0.450. The van der Waals surface area contributed by atoms with Crippen molar-refractivity contribution in [1.29, 1.82) is 0 Å². The minimum absolute atomic E-state index is 0.272. The number of nitrogens with one attached hydrogen (secondary N) is 1. The van der Waals surface area contributed by atoms with Crippen molar-refractivity contribution in [2.45, 2.75) is 6.92 Å². The molecule has 1 saturated heterocycles. The van der Waals surface area contributed by atoms with E-state index in [2.05, 4.69) is 15.1 Å². The number of piperazine rings is 1. The Morgan fingerprint density at radius 2 is 1.79 bits per heavy atom. The van der Waals surface area contributed by atoms with E-state index in [1.165, 1.54) is 0 Å². The van der Waals surface area contributed by atoms with Crippen LogP contribution in [0.2, 0.25) is 0 Å². The second-order valence-corrected chi connectivity index (χ2v) is 3.92. The van der Waals surface area contributed by atoms with E-state index < -0.39 is 0 Å². The number of nitrogens with zero attached hydrogens (tertiary/aromatic N) is 2. The molecule has 0 atom stereocenters. The molecule has 0 spiro atoms. The number of carbonyl (C=O) groups excluding carboxylic acids is 1. The molecule has 1 heterocycles. The molecule has 0 radical (unpaired) electrons. The Morgan fingerprint density at radius 3 is 2.29 bits per heavy atom. The zero-order chi connectivity index (χ0) is 10.4. The summed E-state index contributed by atoms with van der Waals surface area (Å²) in [6.45, 7) is 8.70. The van der Waals surface area contributed by atoms with Crippen LogP contribution in [0.4, 0.5) is 0 Å². The van der Waals surface area contributed by atoms with Gasteiger partial charge in [-0.05, 0) is 14.0 Å². The zero-order valence-electron chi connectivity index (χ0n) is 9.25. The number of Topliss-reactive ketones (excluding diaryl/α,β-unsaturated/α-hetero) is 1. The van der Waals surface area contributed by atoms with E-state index in [0.717, 1.165) is 39.3 Å². The summed E-state index contributed by atoms with van der Waals surface area (Å²) in [6, 6.07) is 0. The maximum atomic E-state index is 10.9. The first-order valence-electron chi connectivity index (χ1n) is 5.31. The van der Waals surface area contributed by atoms with Gasteiger partial charge in [0.2, 0.25) is 0 Å². The lowest BCUT2D eigenvalue weighted by Gasteiger charge is -2.34. The van der Waals surface area contributed by atoms with E-state index in [9.17, 15) is 4.79 Å². The van der Waals surface area contributed by atoms with Crippen molar-refractivity contribution in [2.75, 3.05) is 52.9 Å². The Morgan fingerprint density at radius 1 is 1.21 bits per heavy atom. The fourth-order valence-corrected chi connectivity index (χ4v) is 1.76. The average Bonchev–Trinajstić information content (AvgIpc) is 2.16. The lowest BCUT2D eigenvalue weighted by molar-refractivity contribution is -0.118. The highest BCUT2D eigenvalue weighted by atomic mass is 16.1. The minimum Gasteiger partial charge on any atom is -0.318 e. The zero-order valence-corrected chi connectivity index (χ0v) is 9.25. The Labute approximate surface area is 86.2 Å². The van der Waals surface area contributed by atoms with Crippen LogP contribution in [-0.4, -0.2) is 68.4 Å². The predicted octanol–water partition coefficient (Wildman–Crippen LogP) is -0.588. The second-order valence-electron chi connectivity index (χ2n) is 3.92. The van der Waals surface area contributed by atoms with Gasteiger partial charge in [-0.15, -0.1) is 0 Å². The van der Waals surface area contributed by atoms with Crippen molar-refractivity contribution >= 4 is 5.78 Å². The van der Waals surface area contributed by atoms with Crippen LogP contribution in [0.1, 0.15) is 6.92 Å². The molecule has 0 bridgehead atoms. The molecule has 1 fully saturated rings. The van der Waals surface area contributed by atoms with Gasteiger partial charge in [0.05, 0.1) is 6.54 Å². The van der Waals surface area contributed by atoms with Gasteiger partial charge in [-0.3, -0.25) is 14.6 Å². The van der Waals surface area contributed by atoms with Gasteiger partial charge in [-0.25, -0.2) is 0 Å². The van der Waals surface area contributed by atoms with Crippen LogP contribution in [-0.2, 0) is 4.79 Å². The standard InChI is InChI=1S/C10H21N3O/c1-10(14)9-13-7-5-12(6-8-13)4-3-11-2/h11H,3-9H2,1-2H3. The summed E-state index contributed by atoms with van der Waals surface area (Å²) >= 11 is 0. The fraction of sp³-hybridized carbons (Fsp3) is 0.900. The van der Waals surface area contributed by atoms with E-state index in [1.54, 1.807) is 6.92 Å². The van der Waals surface area contributed by atoms with Crippen LogP contribution in [0.3, 0.4) is 0 Å². The molecule has 1 aliphatic rings. The van der Waals surface area contributed by atoms with Crippen LogP contribution >= 0.6 is 0 Å². The van der Waals surface area contributed by atoms with Crippen molar-refractivity contribution in [2.24, 2.45) is 0 Å². The molecular formula is C10H21N3O. The van der Waals surface area contributed by atoms with Gasteiger partial charge < -0.3 is 5.32 Å². The average molecular weight is 199 g/mol. The first-order chi connectivity index (χ1) is 6.72. The first kappa shape index (κ1) is 11.6. The van der Waals surface area contributed by atoms with Crippen LogP contribution in [0.25, 0.3) is 0 Å². The number of hydrogen-bond donors (Lipinski definition) is 1.